The number of nitrogens with zero attached hydrogens (tertiary/aromatic N) is 1. The lowest BCUT2D eigenvalue weighted by atomic mass is 10.1. The first-order valence-electron chi connectivity index (χ1n) is 8.49. The van der Waals surface area contributed by atoms with Crippen molar-refractivity contribution < 1.29 is 9.53 Å². The molecular weight excluding hydrogens is 382 g/mol. The molecule has 0 aliphatic heterocycles. The Morgan fingerprint density at radius 2 is 2.04 bits per heavy atom. The number of aryl methyl sites for hydroxylation is 2. The number of thiazole rings is 1. The van der Waals surface area contributed by atoms with Gasteiger partial charge in [0.05, 0.1) is 17.8 Å². The molecule has 0 radical (unpaired) electrons. The molecule has 1 heterocycles. The molecule has 0 aliphatic carbocycles. The van der Waals surface area contributed by atoms with Crippen molar-refractivity contribution in [1.82, 2.24) is 4.98 Å². The molecule has 27 heavy (non-hydrogen) atoms. The van der Waals surface area contributed by atoms with Crippen molar-refractivity contribution >= 4 is 45.4 Å². The second-order valence-corrected chi connectivity index (χ2v) is 7.28. The van der Waals surface area contributed by atoms with Gasteiger partial charge >= 0.3 is 0 Å². The summed E-state index contributed by atoms with van der Waals surface area (Å²) < 4.78 is 5.13. The predicted octanol–water partition coefficient (Wildman–Crippen LogP) is 5.67. The molecule has 2 N–H and O–H groups in total. The highest BCUT2D eigenvalue weighted by molar-refractivity contribution is 7.17. The highest BCUT2D eigenvalue weighted by atomic mass is 35.5. The number of amides is 1. The fourth-order valence-corrected chi connectivity index (χ4v) is 3.79. The summed E-state index contributed by atoms with van der Waals surface area (Å²) >= 11 is 7.44. The quantitative estimate of drug-likeness (QED) is 0.558. The minimum atomic E-state index is -0.219. The zero-order valence-electron chi connectivity index (χ0n) is 15.3. The summed E-state index contributed by atoms with van der Waals surface area (Å²) in [4.78, 5) is 17.7. The molecular formula is C20H20ClN3O2S. The lowest BCUT2D eigenvalue weighted by Crippen LogP contribution is -2.11. The SMILES string of the molecule is CCc1ccccc1Nc1nc(C)c(C(=O)Nc2ccc(OC)c(Cl)c2)s1. The highest BCUT2D eigenvalue weighted by Gasteiger charge is 2.16. The van der Waals surface area contributed by atoms with E-state index in [-0.39, 0.29) is 5.91 Å². The number of hydrogen-bond donors (Lipinski definition) is 2. The van der Waals surface area contributed by atoms with Crippen LogP contribution in [0.4, 0.5) is 16.5 Å². The second-order valence-electron chi connectivity index (χ2n) is 5.87. The van der Waals surface area contributed by atoms with E-state index in [4.69, 9.17) is 16.3 Å². The third-order valence-electron chi connectivity index (χ3n) is 4.05. The highest BCUT2D eigenvalue weighted by Crippen LogP contribution is 2.30. The third kappa shape index (κ3) is 4.40. The first-order chi connectivity index (χ1) is 13.0. The number of rotatable bonds is 6. The van der Waals surface area contributed by atoms with Gasteiger partial charge in [0.1, 0.15) is 10.6 Å². The average molecular weight is 402 g/mol. The lowest BCUT2D eigenvalue weighted by Gasteiger charge is -2.08. The van der Waals surface area contributed by atoms with E-state index in [1.807, 2.05) is 25.1 Å². The van der Waals surface area contributed by atoms with Crippen LogP contribution in [0.2, 0.25) is 5.02 Å². The maximum atomic E-state index is 12.6. The molecule has 5 nitrogen and oxygen atoms in total. The molecule has 1 aromatic heterocycles. The van der Waals surface area contributed by atoms with Crippen molar-refractivity contribution in [2.75, 3.05) is 17.7 Å². The van der Waals surface area contributed by atoms with Crippen LogP contribution in [0.25, 0.3) is 0 Å². The van der Waals surface area contributed by atoms with Crippen LogP contribution in [0.5, 0.6) is 5.75 Å². The number of anilines is 3. The Balaban J connectivity index is 1.77. The predicted molar refractivity (Wildman–Crippen MR) is 112 cm³/mol. The Kier molecular flexibility index (Phi) is 5.98. The van der Waals surface area contributed by atoms with Gasteiger partial charge in [0, 0.05) is 11.4 Å². The zero-order chi connectivity index (χ0) is 19.4. The third-order valence-corrected chi connectivity index (χ3v) is 5.42. The Labute approximate surface area is 167 Å². The van der Waals surface area contributed by atoms with Crippen LogP contribution in [0.3, 0.4) is 0 Å². The number of hydrogen-bond acceptors (Lipinski definition) is 5. The molecule has 140 valence electrons. The topological polar surface area (TPSA) is 63.2 Å². The van der Waals surface area contributed by atoms with Crippen LogP contribution in [0.15, 0.2) is 42.5 Å². The summed E-state index contributed by atoms with van der Waals surface area (Å²) in [5.74, 6) is 0.341. The number of ether oxygens (including phenoxy) is 1. The van der Waals surface area contributed by atoms with E-state index < -0.39 is 0 Å². The van der Waals surface area contributed by atoms with Crippen molar-refractivity contribution in [1.29, 1.82) is 0 Å². The molecule has 0 unspecified atom stereocenters. The number of methoxy groups -OCH3 is 1. The van der Waals surface area contributed by atoms with Gasteiger partial charge < -0.3 is 15.4 Å². The fraction of sp³-hybridized carbons (Fsp3) is 0.200. The Hall–Kier alpha value is -2.57. The molecule has 7 heteroatoms. The van der Waals surface area contributed by atoms with Gasteiger partial charge in [-0.05, 0) is 43.2 Å². The number of aromatic nitrogens is 1. The van der Waals surface area contributed by atoms with Crippen LogP contribution in [-0.4, -0.2) is 18.0 Å². The summed E-state index contributed by atoms with van der Waals surface area (Å²) in [6, 6.07) is 13.2. The minimum Gasteiger partial charge on any atom is -0.495 e. The maximum absolute atomic E-state index is 12.6. The van der Waals surface area contributed by atoms with Gasteiger partial charge in [0.25, 0.3) is 5.91 Å². The number of benzene rings is 2. The van der Waals surface area contributed by atoms with Crippen molar-refractivity contribution in [3.63, 3.8) is 0 Å². The summed E-state index contributed by atoms with van der Waals surface area (Å²) in [6.07, 6.45) is 0.916. The number of nitrogens with one attached hydrogen (secondary N) is 2. The Morgan fingerprint density at radius 3 is 2.74 bits per heavy atom. The molecule has 2 aromatic carbocycles. The van der Waals surface area contributed by atoms with Gasteiger partial charge in [0.2, 0.25) is 0 Å². The lowest BCUT2D eigenvalue weighted by molar-refractivity contribution is 0.103. The van der Waals surface area contributed by atoms with Crippen LogP contribution >= 0.6 is 22.9 Å². The van der Waals surface area contributed by atoms with Gasteiger partial charge in [-0.2, -0.15) is 0 Å². The normalized spacial score (nSPS) is 10.5. The molecule has 0 saturated carbocycles. The molecule has 0 saturated heterocycles. The van der Waals surface area contributed by atoms with Gasteiger partial charge in [-0.25, -0.2) is 4.98 Å². The van der Waals surface area contributed by atoms with Gasteiger partial charge in [-0.15, -0.1) is 0 Å². The van der Waals surface area contributed by atoms with Gasteiger partial charge in [-0.3, -0.25) is 4.79 Å². The van der Waals surface area contributed by atoms with E-state index in [1.54, 1.807) is 25.3 Å². The van der Waals surface area contributed by atoms with E-state index in [0.717, 1.165) is 12.1 Å². The molecule has 0 atom stereocenters. The number of para-hydroxylation sites is 1. The zero-order valence-corrected chi connectivity index (χ0v) is 16.9. The number of carbonyl (C=O) groups is 1. The average Bonchev–Trinajstić information content (AvgIpc) is 3.02. The molecule has 0 fully saturated rings. The van der Waals surface area contributed by atoms with Crippen LogP contribution < -0.4 is 15.4 Å². The Morgan fingerprint density at radius 1 is 1.26 bits per heavy atom. The van der Waals surface area contributed by atoms with Crippen molar-refractivity contribution in [3.05, 3.63) is 63.6 Å². The van der Waals surface area contributed by atoms with E-state index in [2.05, 4.69) is 28.6 Å². The summed E-state index contributed by atoms with van der Waals surface area (Å²) in [5, 5.41) is 7.30. The largest absolute Gasteiger partial charge is 0.495 e. The van der Waals surface area contributed by atoms with E-state index in [9.17, 15) is 4.79 Å². The minimum absolute atomic E-state index is 0.219. The van der Waals surface area contributed by atoms with Crippen molar-refractivity contribution in [3.8, 4) is 5.75 Å². The molecule has 3 aromatic rings. The molecule has 0 spiro atoms. The smallest absolute Gasteiger partial charge is 0.267 e. The number of halogens is 1. The first kappa shape index (κ1) is 19.2. The second kappa shape index (κ2) is 8.41. The molecule has 0 bridgehead atoms. The van der Waals surface area contributed by atoms with E-state index in [1.165, 1.54) is 16.9 Å². The van der Waals surface area contributed by atoms with Gasteiger partial charge in [0.15, 0.2) is 5.13 Å². The van der Waals surface area contributed by atoms with Crippen LogP contribution in [-0.2, 0) is 6.42 Å². The van der Waals surface area contributed by atoms with Crippen molar-refractivity contribution in [2.45, 2.75) is 20.3 Å². The molecule has 1 amide bonds. The number of carbonyl (C=O) groups excluding carboxylic acids is 1. The standard InChI is InChI=1S/C20H20ClN3O2S/c1-4-13-7-5-6-8-16(13)24-20-22-12(2)18(27-20)19(25)23-14-9-10-17(26-3)15(21)11-14/h5-11H,4H2,1-3H3,(H,22,24)(H,23,25). The molecule has 3 rings (SSSR count). The van der Waals surface area contributed by atoms with Gasteiger partial charge in [-0.1, -0.05) is 48.1 Å². The first-order valence-corrected chi connectivity index (χ1v) is 9.68. The Bertz CT molecular complexity index is 972. The van der Waals surface area contributed by atoms with Crippen molar-refractivity contribution in [2.24, 2.45) is 0 Å². The summed E-state index contributed by atoms with van der Waals surface area (Å²) in [7, 11) is 1.55. The summed E-state index contributed by atoms with van der Waals surface area (Å²) in [5.41, 5.74) is 3.48. The monoisotopic (exact) mass is 401 g/mol. The van der Waals surface area contributed by atoms with Crippen LogP contribution in [0.1, 0.15) is 27.9 Å². The van der Waals surface area contributed by atoms with Crippen LogP contribution in [0, 0.1) is 6.92 Å². The van der Waals surface area contributed by atoms with E-state index >= 15 is 0 Å². The molecule has 0 aliphatic rings. The van der Waals surface area contributed by atoms with E-state index in [0.29, 0.717) is 32.2 Å². The maximum Gasteiger partial charge on any atom is 0.267 e. The fourth-order valence-electron chi connectivity index (χ4n) is 2.66. The summed E-state index contributed by atoms with van der Waals surface area (Å²) in [6.45, 7) is 3.93.